The average Bonchev–Trinajstić information content (AvgIpc) is 2.54. The summed E-state index contributed by atoms with van der Waals surface area (Å²) in [6.45, 7) is 4.09. The molecule has 0 aromatic heterocycles. The molecule has 1 saturated carbocycles. The van der Waals surface area contributed by atoms with Crippen LogP contribution in [0.3, 0.4) is 0 Å². The Morgan fingerprint density at radius 2 is 1.83 bits per heavy atom. The number of ether oxygens (including phenoxy) is 1. The highest BCUT2D eigenvalue weighted by Gasteiger charge is 2.22. The number of hydrogen-bond donors (Lipinski definition) is 0. The summed E-state index contributed by atoms with van der Waals surface area (Å²) in [5, 5.41) is 0. The molecule has 1 aromatic carbocycles. The fourth-order valence-corrected chi connectivity index (χ4v) is 3.33. The molecule has 1 fully saturated rings. The first kappa shape index (κ1) is 17.9. The Labute approximate surface area is 136 Å². The van der Waals surface area contributed by atoms with E-state index in [2.05, 4.69) is 6.92 Å². The highest BCUT2D eigenvalue weighted by Crippen LogP contribution is 2.35. The molecule has 23 heavy (non-hydrogen) atoms. The van der Waals surface area contributed by atoms with Crippen molar-refractivity contribution in [1.29, 1.82) is 0 Å². The molecule has 1 nitrogen and oxygen atoms in total. The molecular formula is C19H25F3O. The van der Waals surface area contributed by atoms with Gasteiger partial charge in [-0.2, -0.15) is 4.39 Å². The molecule has 0 spiro atoms. The van der Waals surface area contributed by atoms with Crippen molar-refractivity contribution in [3.05, 3.63) is 35.4 Å². The van der Waals surface area contributed by atoms with Crippen LogP contribution in [0, 0.1) is 23.5 Å². The minimum absolute atomic E-state index is 0.108. The van der Waals surface area contributed by atoms with Gasteiger partial charge in [0, 0.05) is 5.56 Å². The molecule has 1 aliphatic carbocycles. The van der Waals surface area contributed by atoms with E-state index >= 15 is 0 Å². The Hall–Kier alpha value is -1.45. The van der Waals surface area contributed by atoms with E-state index in [1.807, 2.05) is 0 Å². The number of hydrogen-bond acceptors (Lipinski definition) is 1. The Morgan fingerprint density at radius 3 is 2.43 bits per heavy atom. The van der Waals surface area contributed by atoms with Crippen LogP contribution >= 0.6 is 0 Å². The maximum absolute atomic E-state index is 14.3. The van der Waals surface area contributed by atoms with Crippen LogP contribution in [0.4, 0.5) is 13.2 Å². The van der Waals surface area contributed by atoms with Gasteiger partial charge < -0.3 is 4.74 Å². The van der Waals surface area contributed by atoms with Gasteiger partial charge in [-0.15, -0.1) is 0 Å². The summed E-state index contributed by atoms with van der Waals surface area (Å²) in [5.74, 6) is -2.32. The molecule has 0 aliphatic heterocycles. The second kappa shape index (κ2) is 8.42. The second-order valence-corrected chi connectivity index (χ2v) is 6.26. The third-order valence-electron chi connectivity index (χ3n) is 4.57. The average molecular weight is 326 g/mol. The largest absolute Gasteiger partial charge is 0.491 e. The van der Waals surface area contributed by atoms with E-state index in [1.54, 1.807) is 6.92 Å². The first-order valence-corrected chi connectivity index (χ1v) is 8.55. The predicted molar refractivity (Wildman–Crippen MR) is 87.0 cm³/mol. The second-order valence-electron chi connectivity index (χ2n) is 6.26. The van der Waals surface area contributed by atoms with E-state index in [0.717, 1.165) is 31.6 Å². The van der Waals surface area contributed by atoms with Crippen molar-refractivity contribution < 1.29 is 17.9 Å². The molecule has 4 heteroatoms. The molecule has 0 saturated heterocycles. The maximum atomic E-state index is 14.3. The summed E-state index contributed by atoms with van der Waals surface area (Å²) in [4.78, 5) is 0. The van der Waals surface area contributed by atoms with Gasteiger partial charge in [-0.25, -0.2) is 8.78 Å². The molecular weight excluding hydrogens is 301 g/mol. The summed E-state index contributed by atoms with van der Waals surface area (Å²) in [5.41, 5.74) is -0.318. The molecule has 0 unspecified atom stereocenters. The van der Waals surface area contributed by atoms with Gasteiger partial charge in [-0.05, 0) is 62.7 Å². The zero-order chi connectivity index (χ0) is 16.8. The van der Waals surface area contributed by atoms with Crippen molar-refractivity contribution in [2.24, 2.45) is 11.8 Å². The van der Waals surface area contributed by atoms with Gasteiger partial charge in [0.15, 0.2) is 11.6 Å². The van der Waals surface area contributed by atoms with Crippen LogP contribution in [0.1, 0.15) is 57.9 Å². The van der Waals surface area contributed by atoms with E-state index in [9.17, 15) is 13.2 Å². The third-order valence-corrected chi connectivity index (χ3v) is 4.57. The SMILES string of the molecule is CCCC1CCC(C=C(F)c2ccc(OCC)c(F)c2F)CC1. The van der Waals surface area contributed by atoms with E-state index in [1.165, 1.54) is 31.1 Å². The zero-order valence-corrected chi connectivity index (χ0v) is 13.9. The normalized spacial score (nSPS) is 22.2. The molecule has 0 heterocycles. The van der Waals surface area contributed by atoms with Gasteiger partial charge in [0.25, 0.3) is 0 Å². The quantitative estimate of drug-likeness (QED) is 0.597. The molecule has 1 aliphatic rings. The molecule has 0 N–H and O–H groups in total. The Bertz CT molecular complexity index is 546. The summed E-state index contributed by atoms with van der Waals surface area (Å²) < 4.78 is 47.2. The van der Waals surface area contributed by atoms with Crippen LogP contribution in [-0.2, 0) is 0 Å². The predicted octanol–water partition coefficient (Wildman–Crippen LogP) is 6.28. The fraction of sp³-hybridized carbons (Fsp3) is 0.579. The lowest BCUT2D eigenvalue weighted by molar-refractivity contribution is 0.293. The molecule has 0 amide bonds. The first-order valence-electron chi connectivity index (χ1n) is 8.55. The summed E-state index contributed by atoms with van der Waals surface area (Å²) >= 11 is 0. The molecule has 0 atom stereocenters. The molecule has 1 aromatic rings. The van der Waals surface area contributed by atoms with Crippen molar-refractivity contribution in [3.8, 4) is 5.75 Å². The van der Waals surface area contributed by atoms with Gasteiger partial charge >= 0.3 is 0 Å². The minimum Gasteiger partial charge on any atom is -0.491 e. The molecule has 0 bridgehead atoms. The maximum Gasteiger partial charge on any atom is 0.201 e. The van der Waals surface area contributed by atoms with E-state index in [0.29, 0.717) is 0 Å². The fourth-order valence-electron chi connectivity index (χ4n) is 3.33. The zero-order valence-electron chi connectivity index (χ0n) is 13.9. The Morgan fingerprint density at radius 1 is 1.13 bits per heavy atom. The Kier molecular flexibility index (Phi) is 6.55. The van der Waals surface area contributed by atoms with Crippen molar-refractivity contribution in [1.82, 2.24) is 0 Å². The lowest BCUT2D eigenvalue weighted by atomic mass is 9.80. The lowest BCUT2D eigenvalue weighted by Gasteiger charge is -2.26. The van der Waals surface area contributed by atoms with Crippen LogP contribution in [0.2, 0.25) is 0 Å². The van der Waals surface area contributed by atoms with Crippen LogP contribution in [0.15, 0.2) is 18.2 Å². The molecule has 128 valence electrons. The monoisotopic (exact) mass is 326 g/mol. The smallest absolute Gasteiger partial charge is 0.201 e. The van der Waals surface area contributed by atoms with Crippen LogP contribution in [0.5, 0.6) is 5.75 Å². The summed E-state index contributed by atoms with van der Waals surface area (Å²) in [6.07, 6.45) is 7.86. The third kappa shape index (κ3) is 4.52. The number of rotatable bonds is 6. The van der Waals surface area contributed by atoms with Crippen molar-refractivity contribution in [2.45, 2.75) is 52.4 Å². The van der Waals surface area contributed by atoms with Crippen LogP contribution in [-0.4, -0.2) is 6.61 Å². The summed E-state index contributed by atoms with van der Waals surface area (Å²) in [7, 11) is 0. The van der Waals surface area contributed by atoms with Gasteiger partial charge in [-0.3, -0.25) is 0 Å². The van der Waals surface area contributed by atoms with Crippen molar-refractivity contribution >= 4 is 5.83 Å². The van der Waals surface area contributed by atoms with Crippen molar-refractivity contribution in [2.75, 3.05) is 6.61 Å². The number of halogens is 3. The topological polar surface area (TPSA) is 9.23 Å². The van der Waals surface area contributed by atoms with Crippen LogP contribution < -0.4 is 4.74 Å². The summed E-state index contributed by atoms with van der Waals surface area (Å²) in [6, 6.07) is 2.53. The minimum atomic E-state index is -1.18. The highest BCUT2D eigenvalue weighted by molar-refractivity contribution is 5.61. The number of benzene rings is 1. The van der Waals surface area contributed by atoms with Crippen LogP contribution in [0.25, 0.3) is 5.83 Å². The van der Waals surface area contributed by atoms with Gasteiger partial charge in [0.05, 0.1) is 6.61 Å². The van der Waals surface area contributed by atoms with Gasteiger partial charge in [0.1, 0.15) is 5.83 Å². The van der Waals surface area contributed by atoms with Crippen molar-refractivity contribution in [3.63, 3.8) is 0 Å². The highest BCUT2D eigenvalue weighted by atomic mass is 19.2. The standard InChI is InChI=1S/C19H25F3O/c1-3-5-13-6-8-14(9-7-13)12-16(20)15-10-11-17(23-4-2)19(22)18(15)21/h10-14H,3-9H2,1-2H3. The van der Waals surface area contributed by atoms with Gasteiger partial charge in [-0.1, -0.05) is 19.8 Å². The van der Waals surface area contributed by atoms with Gasteiger partial charge in [0.2, 0.25) is 5.82 Å². The van der Waals surface area contributed by atoms with E-state index in [-0.39, 0.29) is 23.8 Å². The first-order chi connectivity index (χ1) is 11.1. The Balaban J connectivity index is 2.08. The molecule has 2 rings (SSSR count). The van der Waals surface area contributed by atoms with E-state index < -0.39 is 17.5 Å². The number of allylic oxidation sites excluding steroid dienone is 1. The lowest BCUT2D eigenvalue weighted by Crippen LogP contribution is -2.13. The van der Waals surface area contributed by atoms with E-state index in [4.69, 9.17) is 4.74 Å². The molecule has 0 radical (unpaired) electrons.